The maximum atomic E-state index is 13.3. The number of ether oxygens (including phenoxy) is 3. The van der Waals surface area contributed by atoms with Gasteiger partial charge in [-0.05, 0) is 131 Å². The Morgan fingerprint density at radius 2 is 1.53 bits per heavy atom. The molecule has 310 valence electrons. The van der Waals surface area contributed by atoms with Crippen LogP contribution in [0.25, 0.3) is 21.2 Å². The quantitative estimate of drug-likeness (QED) is 0.203. The zero-order valence-corrected chi connectivity index (χ0v) is 35.0. The number of aromatic nitrogens is 1. The maximum absolute atomic E-state index is 13.3. The van der Waals surface area contributed by atoms with Crippen LogP contribution in [-0.4, -0.2) is 102 Å². The van der Waals surface area contributed by atoms with Gasteiger partial charge < -0.3 is 23.7 Å². The third kappa shape index (κ3) is 7.33. The third-order valence-corrected chi connectivity index (χ3v) is 14.5. The first-order valence-corrected chi connectivity index (χ1v) is 21.6. The van der Waals surface area contributed by atoms with Crippen LogP contribution >= 0.6 is 11.3 Å². The molecule has 5 aliphatic rings. The molecule has 6 heterocycles. The van der Waals surface area contributed by atoms with Crippen molar-refractivity contribution in [1.82, 2.24) is 24.6 Å². The fourth-order valence-corrected chi connectivity index (χ4v) is 11.1. The molecule has 4 amide bonds. The Balaban J connectivity index is 0.751. The monoisotopic (exact) mass is 821 g/mol. The van der Waals surface area contributed by atoms with E-state index in [9.17, 15) is 24.0 Å². The second-order valence-corrected chi connectivity index (χ2v) is 18.5. The summed E-state index contributed by atoms with van der Waals surface area (Å²) in [5.41, 5.74) is 3.80. The number of benzene rings is 2. The minimum Gasteiger partial charge on any atom is -0.496 e. The molecule has 4 fully saturated rings. The molecule has 1 spiro atoms. The van der Waals surface area contributed by atoms with Crippen LogP contribution in [-0.2, 0) is 23.2 Å². The number of nitrogens with one attached hydrogen (secondary N) is 1. The number of nitrogens with zero attached hydrogens (tertiary/aromatic N) is 4. The average molecular weight is 822 g/mol. The molecule has 2 aromatic heterocycles. The average Bonchev–Trinajstić information content (AvgIpc) is 3.73. The van der Waals surface area contributed by atoms with Crippen LogP contribution in [0.1, 0.15) is 82.5 Å². The van der Waals surface area contributed by atoms with E-state index in [0.717, 1.165) is 126 Å². The zero-order valence-electron chi connectivity index (χ0n) is 34.1. The molecular weight excluding hydrogens is 771 g/mol. The van der Waals surface area contributed by atoms with Gasteiger partial charge in [0.05, 0.1) is 42.4 Å². The molecule has 59 heavy (non-hydrogen) atoms. The first kappa shape index (κ1) is 39.4. The molecule has 1 N–H and O–H groups in total. The number of imide groups is 2. The number of amides is 4. The minimum atomic E-state index is -0.984. The summed E-state index contributed by atoms with van der Waals surface area (Å²) in [5, 5.41) is 2.97. The summed E-state index contributed by atoms with van der Waals surface area (Å²) in [7, 11) is 5.22. The van der Waals surface area contributed by atoms with Crippen molar-refractivity contribution < 1.29 is 33.4 Å². The largest absolute Gasteiger partial charge is 0.496 e. The number of hydrogen-bond acceptors (Lipinski definition) is 11. The predicted molar refractivity (Wildman–Crippen MR) is 223 cm³/mol. The van der Waals surface area contributed by atoms with Crippen LogP contribution < -0.4 is 25.1 Å². The molecule has 1 atom stereocenters. The highest BCUT2D eigenvalue weighted by molar-refractivity contribution is 7.19. The van der Waals surface area contributed by atoms with E-state index in [1.807, 2.05) is 19.2 Å². The molecule has 0 bridgehead atoms. The number of aryl methyl sites for hydroxylation is 2. The summed E-state index contributed by atoms with van der Waals surface area (Å²) in [6.07, 6.45) is 8.73. The summed E-state index contributed by atoms with van der Waals surface area (Å²) >= 11 is 1.64. The van der Waals surface area contributed by atoms with E-state index in [2.05, 4.69) is 27.2 Å². The highest BCUT2D eigenvalue weighted by Crippen LogP contribution is 2.51. The number of pyridine rings is 1. The van der Waals surface area contributed by atoms with Crippen molar-refractivity contribution >= 4 is 45.1 Å². The van der Waals surface area contributed by atoms with Gasteiger partial charge in [0.2, 0.25) is 11.8 Å². The van der Waals surface area contributed by atoms with E-state index >= 15 is 0 Å². The number of fused-ring (bicyclic) bond motifs is 2. The van der Waals surface area contributed by atoms with Gasteiger partial charge in [0, 0.05) is 47.9 Å². The van der Waals surface area contributed by atoms with Gasteiger partial charge in [0.15, 0.2) is 0 Å². The van der Waals surface area contributed by atoms with Crippen LogP contribution in [0.15, 0.2) is 47.4 Å². The highest BCUT2D eigenvalue weighted by Gasteiger charge is 2.48. The lowest BCUT2D eigenvalue weighted by Crippen LogP contribution is -2.54. The topological polar surface area (TPSA) is 140 Å². The van der Waals surface area contributed by atoms with Gasteiger partial charge in [-0.15, -0.1) is 11.3 Å². The Morgan fingerprint density at radius 3 is 2.20 bits per heavy atom. The highest BCUT2D eigenvalue weighted by atomic mass is 32.1. The Labute approximate surface area is 347 Å². The van der Waals surface area contributed by atoms with Crippen molar-refractivity contribution in [2.75, 3.05) is 46.9 Å². The lowest BCUT2D eigenvalue weighted by Gasteiger charge is -2.52. The Morgan fingerprint density at radius 1 is 0.831 bits per heavy atom. The number of methoxy groups -OCH3 is 2. The second kappa shape index (κ2) is 15.5. The van der Waals surface area contributed by atoms with E-state index in [1.165, 1.54) is 0 Å². The van der Waals surface area contributed by atoms with Gasteiger partial charge in [0.25, 0.3) is 17.4 Å². The van der Waals surface area contributed by atoms with Crippen molar-refractivity contribution in [2.24, 2.45) is 18.4 Å². The third-order valence-electron chi connectivity index (χ3n) is 13.4. The number of piperidine rings is 3. The molecule has 4 aliphatic heterocycles. The fourth-order valence-electron chi connectivity index (χ4n) is 10.1. The maximum Gasteiger partial charge on any atom is 0.262 e. The smallest absolute Gasteiger partial charge is 0.262 e. The zero-order chi connectivity index (χ0) is 41.2. The van der Waals surface area contributed by atoms with E-state index in [4.69, 9.17) is 14.2 Å². The standard InChI is InChI=1S/C45H51N5O8S/c1-26-17-33-40(59-26)34(24-47(2)42(33)53)28-18-37(56-3)35(38(19-28)57-4)25-48-13-9-27(10-14-48)23-49-15-11-45(12-16-49)21-30(22-45)58-29-5-6-31-32(20-29)44(55)50(43(31)54)36-7-8-39(51)46-41(36)52/h5-6,17-20,24,27,30,36H,7-16,21-23,25H2,1-4H3,(H,46,51,52). The number of hydrogen-bond donors (Lipinski definition) is 1. The first-order chi connectivity index (χ1) is 28.4. The summed E-state index contributed by atoms with van der Waals surface area (Å²) in [5.74, 6) is 0.761. The van der Waals surface area contributed by atoms with Crippen molar-refractivity contribution in [3.05, 3.63) is 74.5 Å². The van der Waals surface area contributed by atoms with Crippen LogP contribution in [0, 0.1) is 18.3 Å². The molecule has 1 saturated carbocycles. The molecule has 13 nitrogen and oxygen atoms in total. The van der Waals surface area contributed by atoms with Crippen LogP contribution in [0.2, 0.25) is 0 Å². The van der Waals surface area contributed by atoms with Gasteiger partial charge in [-0.2, -0.15) is 0 Å². The summed E-state index contributed by atoms with van der Waals surface area (Å²) in [6.45, 7) is 8.12. The molecule has 1 aliphatic carbocycles. The summed E-state index contributed by atoms with van der Waals surface area (Å²) in [4.78, 5) is 70.5. The molecule has 3 saturated heterocycles. The van der Waals surface area contributed by atoms with E-state index in [0.29, 0.717) is 11.7 Å². The van der Waals surface area contributed by atoms with E-state index < -0.39 is 29.7 Å². The molecular formula is C45H51N5O8S. The van der Waals surface area contributed by atoms with Crippen LogP contribution in [0.4, 0.5) is 0 Å². The molecule has 1 unspecified atom stereocenters. The fraction of sp³-hybridized carbons (Fsp3) is 0.489. The van der Waals surface area contributed by atoms with Crippen molar-refractivity contribution in [1.29, 1.82) is 0 Å². The normalized spacial score (nSPS) is 21.6. The number of rotatable bonds is 10. The van der Waals surface area contributed by atoms with E-state index in [1.54, 1.807) is 55.4 Å². The summed E-state index contributed by atoms with van der Waals surface area (Å²) in [6, 6.07) is 10.1. The van der Waals surface area contributed by atoms with Gasteiger partial charge in [-0.1, -0.05) is 0 Å². The molecule has 4 aromatic rings. The van der Waals surface area contributed by atoms with Crippen LogP contribution in [0.5, 0.6) is 17.2 Å². The predicted octanol–water partition coefficient (Wildman–Crippen LogP) is 5.53. The lowest BCUT2D eigenvalue weighted by atomic mass is 9.61. The molecule has 14 heteroatoms. The number of likely N-dealkylation sites (tertiary alicyclic amines) is 2. The minimum absolute atomic E-state index is 0.00802. The first-order valence-electron chi connectivity index (χ1n) is 20.7. The Kier molecular flexibility index (Phi) is 10.4. The Hall–Kier alpha value is -5.05. The van der Waals surface area contributed by atoms with Gasteiger partial charge in [0.1, 0.15) is 23.3 Å². The number of thiophene rings is 1. The summed E-state index contributed by atoms with van der Waals surface area (Å²) < 4.78 is 20.9. The SMILES string of the molecule is COc1cc(-c2cn(C)c(=O)c3cc(C)sc23)cc(OC)c1CN1CCC(CN2CCC3(CC2)CC(Oc2ccc4c(c2)C(=O)N(C2CCC(=O)NC2=O)C4=O)C3)CC1. The van der Waals surface area contributed by atoms with Gasteiger partial charge >= 0.3 is 0 Å². The molecule has 9 rings (SSSR count). The Bertz CT molecular complexity index is 2390. The lowest BCUT2D eigenvalue weighted by molar-refractivity contribution is -0.136. The number of carbonyl (C=O) groups is 4. The van der Waals surface area contributed by atoms with Crippen molar-refractivity contribution in [3.8, 4) is 28.4 Å². The molecule has 2 aromatic carbocycles. The van der Waals surface area contributed by atoms with Gasteiger partial charge in [-0.3, -0.25) is 39.1 Å². The number of carbonyl (C=O) groups excluding carboxylic acids is 4. The molecule has 0 radical (unpaired) electrons. The van der Waals surface area contributed by atoms with E-state index in [-0.39, 0.29) is 41.0 Å². The van der Waals surface area contributed by atoms with Crippen molar-refractivity contribution in [2.45, 2.75) is 77.0 Å². The second-order valence-electron chi connectivity index (χ2n) is 17.2. The van der Waals surface area contributed by atoms with Crippen molar-refractivity contribution in [3.63, 3.8) is 0 Å². The van der Waals surface area contributed by atoms with Gasteiger partial charge in [-0.25, -0.2) is 0 Å². The van der Waals surface area contributed by atoms with Crippen LogP contribution in [0.3, 0.4) is 0 Å².